The Kier molecular flexibility index (Phi) is 2.61. The number of anilines is 1. The highest BCUT2D eigenvalue weighted by atomic mass is 19.1. The molecule has 4 saturated carbocycles. The Bertz CT molecular complexity index is 468. The van der Waals surface area contributed by atoms with Crippen molar-refractivity contribution >= 4 is 5.69 Å². The van der Waals surface area contributed by atoms with Crippen LogP contribution in [0.2, 0.25) is 0 Å². The van der Waals surface area contributed by atoms with E-state index in [2.05, 4.69) is 5.32 Å². The maximum Gasteiger partial charge on any atom is 0.126 e. The molecule has 0 unspecified atom stereocenters. The van der Waals surface area contributed by atoms with Crippen LogP contribution in [0.1, 0.15) is 37.7 Å². The number of benzene rings is 1. The first-order valence-corrected chi connectivity index (χ1v) is 7.71. The molecule has 0 amide bonds. The van der Waals surface area contributed by atoms with Crippen molar-refractivity contribution in [1.29, 1.82) is 0 Å². The average molecular weight is 259 g/mol. The summed E-state index contributed by atoms with van der Waals surface area (Å²) in [6.07, 6.45) is 7.18. The van der Waals surface area contributed by atoms with Gasteiger partial charge in [0, 0.05) is 11.7 Å². The molecule has 0 aromatic heterocycles. The Morgan fingerprint density at radius 3 is 2.21 bits per heavy atom. The van der Waals surface area contributed by atoms with E-state index in [9.17, 15) is 4.39 Å². The van der Waals surface area contributed by atoms with Gasteiger partial charge in [0.1, 0.15) is 5.82 Å². The molecule has 0 spiro atoms. The third-order valence-electron chi connectivity index (χ3n) is 5.72. The fraction of sp³-hybridized carbons (Fsp3) is 0.647. The van der Waals surface area contributed by atoms with Crippen LogP contribution in [0.4, 0.5) is 10.1 Å². The van der Waals surface area contributed by atoms with E-state index in [0.29, 0.717) is 6.04 Å². The van der Waals surface area contributed by atoms with Crippen molar-refractivity contribution in [2.24, 2.45) is 23.7 Å². The van der Waals surface area contributed by atoms with Crippen LogP contribution in [0.3, 0.4) is 0 Å². The van der Waals surface area contributed by atoms with Gasteiger partial charge in [-0.3, -0.25) is 0 Å². The number of halogens is 1. The number of hydrogen-bond acceptors (Lipinski definition) is 1. The second-order valence-electron chi connectivity index (χ2n) is 7.06. The lowest BCUT2D eigenvalue weighted by molar-refractivity contribution is 0.00754. The Morgan fingerprint density at radius 2 is 1.63 bits per heavy atom. The largest absolute Gasteiger partial charge is 0.382 e. The van der Waals surface area contributed by atoms with Gasteiger partial charge in [-0.15, -0.1) is 0 Å². The lowest BCUT2D eigenvalue weighted by Crippen LogP contribution is -2.51. The minimum absolute atomic E-state index is 0.101. The van der Waals surface area contributed by atoms with Crippen molar-refractivity contribution in [3.05, 3.63) is 29.6 Å². The highest BCUT2D eigenvalue weighted by Gasteiger charge is 2.48. The lowest BCUT2D eigenvalue weighted by atomic mass is 9.54. The summed E-state index contributed by atoms with van der Waals surface area (Å²) < 4.78 is 13.3. The van der Waals surface area contributed by atoms with Gasteiger partial charge >= 0.3 is 0 Å². The van der Waals surface area contributed by atoms with E-state index in [-0.39, 0.29) is 5.82 Å². The zero-order valence-electron chi connectivity index (χ0n) is 11.5. The zero-order chi connectivity index (χ0) is 13.0. The summed E-state index contributed by atoms with van der Waals surface area (Å²) in [6.45, 7) is 1.84. The van der Waals surface area contributed by atoms with Gasteiger partial charge in [-0.1, -0.05) is 0 Å². The van der Waals surface area contributed by atoms with Crippen LogP contribution in [-0.4, -0.2) is 6.04 Å². The van der Waals surface area contributed by atoms with Gasteiger partial charge < -0.3 is 5.32 Å². The highest BCUT2D eigenvalue weighted by Crippen LogP contribution is 2.54. The number of rotatable bonds is 2. The van der Waals surface area contributed by atoms with Gasteiger partial charge in [0.15, 0.2) is 0 Å². The van der Waals surface area contributed by atoms with Gasteiger partial charge in [0.25, 0.3) is 0 Å². The molecule has 4 fully saturated rings. The van der Waals surface area contributed by atoms with Gasteiger partial charge in [-0.25, -0.2) is 4.39 Å². The van der Waals surface area contributed by atoms with E-state index < -0.39 is 0 Å². The molecule has 0 heterocycles. The van der Waals surface area contributed by atoms with Crippen molar-refractivity contribution in [3.8, 4) is 0 Å². The Labute approximate surface area is 114 Å². The third-order valence-corrected chi connectivity index (χ3v) is 5.72. The minimum atomic E-state index is -0.101. The molecule has 1 aromatic carbocycles. The molecule has 2 heteroatoms. The third kappa shape index (κ3) is 1.96. The highest BCUT2D eigenvalue weighted by molar-refractivity contribution is 5.47. The summed E-state index contributed by atoms with van der Waals surface area (Å²) in [7, 11) is 0. The molecule has 0 saturated heterocycles. The van der Waals surface area contributed by atoms with Crippen LogP contribution in [0.15, 0.2) is 18.2 Å². The maximum atomic E-state index is 13.3. The van der Waals surface area contributed by atoms with Crippen molar-refractivity contribution in [3.63, 3.8) is 0 Å². The first-order valence-electron chi connectivity index (χ1n) is 7.71. The Hall–Kier alpha value is -1.05. The molecule has 1 nitrogen and oxygen atoms in total. The van der Waals surface area contributed by atoms with E-state index in [1.165, 1.54) is 32.1 Å². The summed E-state index contributed by atoms with van der Waals surface area (Å²) >= 11 is 0. The average Bonchev–Trinajstić information content (AvgIpc) is 2.37. The topological polar surface area (TPSA) is 12.0 Å². The molecule has 0 atom stereocenters. The van der Waals surface area contributed by atoms with Crippen molar-refractivity contribution in [2.45, 2.75) is 45.1 Å². The van der Waals surface area contributed by atoms with Crippen LogP contribution < -0.4 is 5.32 Å². The van der Waals surface area contributed by atoms with Crippen LogP contribution >= 0.6 is 0 Å². The van der Waals surface area contributed by atoms with E-state index in [4.69, 9.17) is 0 Å². The van der Waals surface area contributed by atoms with E-state index in [1.807, 2.05) is 19.1 Å². The zero-order valence-corrected chi connectivity index (χ0v) is 11.5. The molecular formula is C17H22FN. The predicted octanol–water partition coefficient (Wildman–Crippen LogP) is 4.37. The van der Waals surface area contributed by atoms with Crippen molar-refractivity contribution in [1.82, 2.24) is 0 Å². The fourth-order valence-corrected chi connectivity index (χ4v) is 5.09. The predicted molar refractivity (Wildman–Crippen MR) is 75.6 cm³/mol. The van der Waals surface area contributed by atoms with Crippen LogP contribution in [0.25, 0.3) is 0 Å². The molecule has 0 radical (unpaired) electrons. The smallest absolute Gasteiger partial charge is 0.126 e. The molecule has 4 aliphatic rings. The Morgan fingerprint density at radius 1 is 1.00 bits per heavy atom. The Balaban J connectivity index is 1.55. The second kappa shape index (κ2) is 4.22. The first kappa shape index (κ1) is 11.7. The summed E-state index contributed by atoms with van der Waals surface area (Å²) in [5.41, 5.74) is 1.85. The summed E-state index contributed by atoms with van der Waals surface area (Å²) in [5.74, 6) is 3.64. The van der Waals surface area contributed by atoms with Gasteiger partial charge in [-0.2, -0.15) is 0 Å². The molecule has 19 heavy (non-hydrogen) atoms. The quantitative estimate of drug-likeness (QED) is 0.831. The molecule has 1 aromatic rings. The van der Waals surface area contributed by atoms with E-state index in [0.717, 1.165) is 34.9 Å². The first-order chi connectivity index (χ1) is 9.19. The lowest BCUT2D eigenvalue weighted by Gasteiger charge is -2.54. The van der Waals surface area contributed by atoms with Crippen molar-refractivity contribution < 1.29 is 4.39 Å². The molecule has 102 valence electrons. The molecule has 5 rings (SSSR count). The van der Waals surface area contributed by atoms with Crippen LogP contribution in [0, 0.1) is 36.4 Å². The molecule has 4 aliphatic carbocycles. The van der Waals surface area contributed by atoms with Gasteiger partial charge in [-0.05, 0) is 86.5 Å². The SMILES string of the molecule is Cc1cc(NC2C3CC4CC(C3)CC2C4)ccc1F. The summed E-state index contributed by atoms with van der Waals surface area (Å²) in [6, 6.07) is 6.08. The number of aryl methyl sites for hydroxylation is 1. The second-order valence-corrected chi connectivity index (χ2v) is 7.06. The van der Waals surface area contributed by atoms with E-state index >= 15 is 0 Å². The van der Waals surface area contributed by atoms with Gasteiger partial charge in [0.2, 0.25) is 0 Å². The maximum absolute atomic E-state index is 13.3. The number of nitrogens with one attached hydrogen (secondary N) is 1. The van der Waals surface area contributed by atoms with Crippen LogP contribution in [-0.2, 0) is 0 Å². The molecule has 1 N–H and O–H groups in total. The standard InChI is InChI=1S/C17H22FN/c1-10-4-15(2-3-16(10)18)19-17-13-6-11-5-12(8-13)9-14(17)7-11/h2-4,11-14,17,19H,5-9H2,1H3. The van der Waals surface area contributed by atoms with Gasteiger partial charge in [0.05, 0.1) is 0 Å². The van der Waals surface area contributed by atoms with Crippen LogP contribution in [0.5, 0.6) is 0 Å². The molecular weight excluding hydrogens is 237 g/mol. The number of hydrogen-bond donors (Lipinski definition) is 1. The fourth-order valence-electron chi connectivity index (χ4n) is 5.09. The molecule has 4 bridgehead atoms. The molecule has 0 aliphatic heterocycles. The summed E-state index contributed by atoms with van der Waals surface area (Å²) in [5, 5.41) is 3.73. The van der Waals surface area contributed by atoms with Crippen molar-refractivity contribution in [2.75, 3.05) is 5.32 Å². The minimum Gasteiger partial charge on any atom is -0.382 e. The summed E-state index contributed by atoms with van der Waals surface area (Å²) in [4.78, 5) is 0. The monoisotopic (exact) mass is 259 g/mol. The normalized spacial score (nSPS) is 39.6. The van der Waals surface area contributed by atoms with E-state index in [1.54, 1.807) is 6.07 Å².